The van der Waals surface area contributed by atoms with Gasteiger partial charge in [0.15, 0.2) is 0 Å². The molecule has 0 aromatic carbocycles. The van der Waals surface area contributed by atoms with Gasteiger partial charge in [-0.1, -0.05) is 0 Å². The van der Waals surface area contributed by atoms with Crippen LogP contribution in [0.15, 0.2) is 24.5 Å². The van der Waals surface area contributed by atoms with Gasteiger partial charge >= 0.3 is 0 Å². The topological polar surface area (TPSA) is 71.1 Å². The van der Waals surface area contributed by atoms with Crippen molar-refractivity contribution in [1.82, 2.24) is 19.9 Å². The van der Waals surface area contributed by atoms with Gasteiger partial charge in [-0.05, 0) is 31.9 Å². The predicted molar refractivity (Wildman–Crippen MR) is 88.7 cm³/mol. The summed E-state index contributed by atoms with van der Waals surface area (Å²) >= 11 is 0. The summed E-state index contributed by atoms with van der Waals surface area (Å²) in [5.74, 6) is 1.40. The molecule has 1 aliphatic carbocycles. The van der Waals surface area contributed by atoms with Gasteiger partial charge in [-0.15, -0.1) is 0 Å². The van der Waals surface area contributed by atoms with Crippen LogP contribution >= 0.6 is 0 Å². The van der Waals surface area contributed by atoms with Crippen molar-refractivity contribution in [2.45, 2.75) is 44.2 Å². The van der Waals surface area contributed by atoms with E-state index in [0.29, 0.717) is 18.0 Å². The van der Waals surface area contributed by atoms with Crippen molar-refractivity contribution < 1.29 is 9.53 Å². The third-order valence-corrected chi connectivity index (χ3v) is 5.03. The van der Waals surface area contributed by atoms with Crippen molar-refractivity contribution in [1.29, 1.82) is 0 Å². The second kappa shape index (κ2) is 6.02. The molecule has 1 saturated heterocycles. The second-order valence-corrected chi connectivity index (χ2v) is 6.68. The Morgan fingerprint density at radius 2 is 2.21 bits per heavy atom. The first-order chi connectivity index (χ1) is 11.7. The molecule has 3 heterocycles. The lowest BCUT2D eigenvalue weighted by atomic mass is 10.1. The summed E-state index contributed by atoms with van der Waals surface area (Å²) in [6.45, 7) is 2.50. The maximum Gasteiger partial charge on any atom is 0.256 e. The number of hydrogen-bond donors (Lipinski definition) is 1. The molecule has 2 aromatic rings. The molecule has 4 rings (SSSR count). The third-order valence-electron chi connectivity index (χ3n) is 5.03. The average molecular weight is 326 g/mol. The van der Waals surface area contributed by atoms with Crippen LogP contribution in [0.1, 0.15) is 58.8 Å². The maximum absolute atomic E-state index is 13.1. The molecule has 2 aliphatic rings. The van der Waals surface area contributed by atoms with Gasteiger partial charge in [0.25, 0.3) is 5.91 Å². The van der Waals surface area contributed by atoms with E-state index >= 15 is 0 Å². The molecule has 1 amide bonds. The summed E-state index contributed by atoms with van der Waals surface area (Å²) in [6, 6.07) is 3.85. The van der Waals surface area contributed by atoms with Gasteiger partial charge in [0.2, 0.25) is 0 Å². The first-order valence-corrected chi connectivity index (χ1v) is 8.48. The highest BCUT2D eigenvalue weighted by Crippen LogP contribution is 2.39. The summed E-state index contributed by atoms with van der Waals surface area (Å²) in [5.41, 5.74) is 2.60. The summed E-state index contributed by atoms with van der Waals surface area (Å²) in [4.78, 5) is 27.1. The summed E-state index contributed by atoms with van der Waals surface area (Å²) < 4.78 is 5.49. The van der Waals surface area contributed by atoms with E-state index in [1.807, 2.05) is 24.0 Å². The second-order valence-electron chi connectivity index (χ2n) is 6.68. The third kappa shape index (κ3) is 2.71. The van der Waals surface area contributed by atoms with Gasteiger partial charge in [-0.3, -0.25) is 9.78 Å². The number of ether oxygens (including phenoxy) is 1. The van der Waals surface area contributed by atoms with E-state index in [1.54, 1.807) is 19.5 Å². The van der Waals surface area contributed by atoms with Crippen molar-refractivity contribution in [3.8, 4) is 0 Å². The molecule has 0 bridgehead atoms. The lowest BCUT2D eigenvalue weighted by Gasteiger charge is -2.23. The van der Waals surface area contributed by atoms with Crippen LogP contribution in [0.2, 0.25) is 0 Å². The van der Waals surface area contributed by atoms with E-state index in [4.69, 9.17) is 4.74 Å². The van der Waals surface area contributed by atoms with E-state index in [0.717, 1.165) is 23.6 Å². The average Bonchev–Trinajstić information content (AvgIpc) is 3.12. The number of H-pyrrole nitrogens is 1. The molecular formula is C18H22N4O2. The number of likely N-dealkylation sites (tertiary alicyclic amines) is 1. The number of carbonyl (C=O) groups excluding carboxylic acids is 1. The standard InChI is InChI=1S/C18H22N4O2/c1-11-14(5-6-15(21-11)12-3-4-12)18(23)22-10-13(24-2)9-16(22)17-19-7-8-20-17/h5-8,12-13,16H,3-4,9-10H2,1-2H3,(H,19,20)/t13-,16?/m1/s1. The van der Waals surface area contributed by atoms with E-state index in [1.165, 1.54) is 12.8 Å². The lowest BCUT2D eigenvalue weighted by Crippen LogP contribution is -2.33. The van der Waals surface area contributed by atoms with Gasteiger partial charge in [-0.2, -0.15) is 0 Å². The molecule has 1 aliphatic heterocycles. The number of pyridine rings is 1. The Bertz CT molecular complexity index is 739. The van der Waals surface area contributed by atoms with Crippen molar-refractivity contribution in [2.24, 2.45) is 0 Å². The van der Waals surface area contributed by atoms with Crippen LogP contribution in [-0.2, 0) is 4.74 Å². The van der Waals surface area contributed by atoms with Gasteiger partial charge in [-0.25, -0.2) is 4.98 Å². The minimum atomic E-state index is -0.0834. The number of aromatic amines is 1. The van der Waals surface area contributed by atoms with Crippen LogP contribution in [0, 0.1) is 6.92 Å². The van der Waals surface area contributed by atoms with Gasteiger partial charge < -0.3 is 14.6 Å². The molecule has 6 heteroatoms. The molecule has 6 nitrogen and oxygen atoms in total. The Hall–Kier alpha value is -2.21. The van der Waals surface area contributed by atoms with Crippen LogP contribution in [-0.4, -0.2) is 45.5 Å². The Morgan fingerprint density at radius 3 is 2.83 bits per heavy atom. The number of nitrogens with one attached hydrogen (secondary N) is 1. The molecule has 126 valence electrons. The molecule has 1 saturated carbocycles. The fourth-order valence-electron chi connectivity index (χ4n) is 3.48. The smallest absolute Gasteiger partial charge is 0.256 e. The molecular weight excluding hydrogens is 304 g/mol. The molecule has 2 atom stereocenters. The molecule has 0 spiro atoms. The first kappa shape index (κ1) is 15.3. The number of nitrogens with zero attached hydrogens (tertiary/aromatic N) is 3. The highest BCUT2D eigenvalue weighted by Gasteiger charge is 2.38. The molecule has 24 heavy (non-hydrogen) atoms. The Balaban J connectivity index is 1.62. The minimum absolute atomic E-state index is 0.00305. The fraction of sp³-hybridized carbons (Fsp3) is 0.500. The highest BCUT2D eigenvalue weighted by molar-refractivity contribution is 5.95. The first-order valence-electron chi connectivity index (χ1n) is 8.48. The Morgan fingerprint density at radius 1 is 1.38 bits per heavy atom. The SMILES string of the molecule is CO[C@@H]1CC(c2ncc[nH]2)N(C(=O)c2ccc(C3CC3)nc2C)C1. The molecule has 1 N–H and O–H groups in total. The van der Waals surface area contributed by atoms with Gasteiger partial charge in [0.05, 0.1) is 23.4 Å². The Kier molecular flexibility index (Phi) is 3.84. The zero-order valence-electron chi connectivity index (χ0n) is 14.0. The number of imidazole rings is 1. The zero-order valence-corrected chi connectivity index (χ0v) is 14.0. The summed E-state index contributed by atoms with van der Waals surface area (Å²) in [6.07, 6.45) is 6.71. The maximum atomic E-state index is 13.1. The molecule has 1 unspecified atom stereocenters. The minimum Gasteiger partial charge on any atom is -0.380 e. The van der Waals surface area contributed by atoms with E-state index in [2.05, 4.69) is 15.0 Å². The number of carbonyl (C=O) groups is 1. The number of aromatic nitrogens is 3. The van der Waals surface area contributed by atoms with Crippen LogP contribution in [0.5, 0.6) is 0 Å². The van der Waals surface area contributed by atoms with Crippen LogP contribution < -0.4 is 0 Å². The van der Waals surface area contributed by atoms with Crippen LogP contribution in [0.25, 0.3) is 0 Å². The number of hydrogen-bond acceptors (Lipinski definition) is 4. The van der Waals surface area contributed by atoms with E-state index in [-0.39, 0.29) is 18.1 Å². The van der Waals surface area contributed by atoms with Crippen LogP contribution in [0.4, 0.5) is 0 Å². The van der Waals surface area contributed by atoms with Crippen molar-refractivity contribution in [3.63, 3.8) is 0 Å². The molecule has 2 fully saturated rings. The number of rotatable bonds is 4. The van der Waals surface area contributed by atoms with Crippen LogP contribution in [0.3, 0.4) is 0 Å². The number of aryl methyl sites for hydroxylation is 1. The fourth-order valence-corrected chi connectivity index (χ4v) is 3.48. The summed E-state index contributed by atoms with van der Waals surface area (Å²) in [7, 11) is 1.69. The highest BCUT2D eigenvalue weighted by atomic mass is 16.5. The van der Waals surface area contributed by atoms with E-state index < -0.39 is 0 Å². The van der Waals surface area contributed by atoms with Gasteiger partial charge in [0.1, 0.15) is 5.82 Å². The summed E-state index contributed by atoms with van der Waals surface area (Å²) in [5, 5.41) is 0. The largest absolute Gasteiger partial charge is 0.380 e. The van der Waals surface area contributed by atoms with E-state index in [9.17, 15) is 4.79 Å². The number of amides is 1. The van der Waals surface area contributed by atoms with Gasteiger partial charge in [0, 0.05) is 44.1 Å². The number of methoxy groups -OCH3 is 1. The quantitative estimate of drug-likeness (QED) is 0.937. The Labute approximate surface area is 141 Å². The van der Waals surface area contributed by atoms with Crippen molar-refractivity contribution >= 4 is 5.91 Å². The molecule has 2 aromatic heterocycles. The normalized spacial score (nSPS) is 23.7. The monoisotopic (exact) mass is 326 g/mol. The predicted octanol–water partition coefficient (Wildman–Crippen LogP) is 2.59. The van der Waals surface area contributed by atoms with Crippen molar-refractivity contribution in [2.75, 3.05) is 13.7 Å². The lowest BCUT2D eigenvalue weighted by molar-refractivity contribution is 0.0683. The zero-order chi connectivity index (χ0) is 16.7. The molecule has 0 radical (unpaired) electrons. The van der Waals surface area contributed by atoms with Crippen molar-refractivity contribution in [3.05, 3.63) is 47.3 Å².